The van der Waals surface area contributed by atoms with Crippen molar-refractivity contribution < 1.29 is 19.0 Å². The molecule has 142 valence electrons. The molecule has 0 aliphatic carbocycles. The average molecular weight is 359 g/mol. The number of nitrogens with zero attached hydrogens (tertiary/aromatic N) is 1. The van der Waals surface area contributed by atoms with Crippen molar-refractivity contribution in [1.29, 1.82) is 0 Å². The summed E-state index contributed by atoms with van der Waals surface area (Å²) in [5, 5.41) is 0. The molecule has 6 heteroatoms. The Kier molecular flexibility index (Phi) is 7.82. The van der Waals surface area contributed by atoms with E-state index in [1.165, 1.54) is 5.56 Å². The second-order valence-electron chi connectivity index (χ2n) is 7.59. The van der Waals surface area contributed by atoms with Gasteiger partial charge in [0.2, 0.25) is 0 Å². The first-order valence-electron chi connectivity index (χ1n) is 9.37. The molecule has 1 aliphatic heterocycles. The maximum Gasteiger partial charge on any atom is 0.410 e. The Labute approximate surface area is 158 Å². The molecule has 1 aliphatic rings. The Morgan fingerprint density at radius 1 is 1.27 bits per heavy atom. The highest BCUT2D eigenvalue weighted by Gasteiger charge is 2.28. The molecule has 1 saturated heterocycles. The van der Waals surface area contributed by atoms with Crippen LogP contribution in [0.4, 0.5) is 4.79 Å². The Morgan fingerprint density at radius 2 is 2.08 bits per heavy atom. The minimum absolute atomic E-state index is 0.230. The number of benzene rings is 1. The number of amides is 1. The largest absolute Gasteiger partial charge is 0.491 e. The van der Waals surface area contributed by atoms with Gasteiger partial charge in [0.25, 0.3) is 0 Å². The molecule has 5 nitrogen and oxygen atoms in total. The van der Waals surface area contributed by atoms with Gasteiger partial charge in [-0.1, -0.05) is 18.5 Å². The van der Waals surface area contributed by atoms with Crippen LogP contribution in [0.15, 0.2) is 24.3 Å². The summed E-state index contributed by atoms with van der Waals surface area (Å²) in [5.41, 5.74) is 0.725. The van der Waals surface area contributed by atoms with Crippen LogP contribution in [0.1, 0.15) is 45.1 Å². The normalized spacial score (nSPS) is 17.8. The lowest BCUT2D eigenvalue weighted by Crippen LogP contribution is -2.42. The van der Waals surface area contributed by atoms with Gasteiger partial charge >= 0.3 is 6.09 Å². The topological polar surface area (TPSA) is 48.0 Å². The number of ether oxygens (including phenoxy) is 3. The molecule has 1 heterocycles. The van der Waals surface area contributed by atoms with Gasteiger partial charge in [0, 0.05) is 25.6 Å². The van der Waals surface area contributed by atoms with Gasteiger partial charge in [-0.2, -0.15) is 0 Å². The molecule has 0 spiro atoms. The summed E-state index contributed by atoms with van der Waals surface area (Å²) in [6.07, 6.45) is 2.32. The summed E-state index contributed by atoms with van der Waals surface area (Å²) in [6, 6.07) is 8.10. The van der Waals surface area contributed by atoms with Gasteiger partial charge in [0.15, 0.2) is 0 Å². The van der Waals surface area contributed by atoms with Gasteiger partial charge < -0.3 is 19.1 Å². The maximum atomic E-state index is 12.3. The van der Waals surface area contributed by atoms with E-state index in [-0.39, 0.29) is 6.09 Å². The molecular weight excluding hydrogens is 329 g/mol. The van der Waals surface area contributed by atoms with E-state index in [9.17, 15) is 4.79 Å². The summed E-state index contributed by atoms with van der Waals surface area (Å²) < 4.78 is 16.6. The summed E-state index contributed by atoms with van der Waals surface area (Å²) >= 11 is 0. The Hall–Kier alpha value is -1.69. The SMILES string of the molecule is [B]CCOCCOc1cccc(C2CCCN(C(=O)OC(C)(C)C)C2)c1. The molecule has 0 saturated carbocycles. The molecule has 1 aromatic rings. The van der Waals surface area contributed by atoms with Crippen LogP contribution in [-0.2, 0) is 9.47 Å². The third-order valence-corrected chi connectivity index (χ3v) is 4.16. The molecule has 26 heavy (non-hydrogen) atoms. The fourth-order valence-corrected chi connectivity index (χ4v) is 3.00. The molecular formula is C20H30BNO4. The monoisotopic (exact) mass is 359 g/mol. The first-order chi connectivity index (χ1) is 12.4. The zero-order chi connectivity index (χ0) is 19.0. The van der Waals surface area contributed by atoms with Gasteiger partial charge in [0.05, 0.1) is 14.5 Å². The molecule has 1 fully saturated rings. The fraction of sp³-hybridized carbons (Fsp3) is 0.650. The number of hydrogen-bond donors (Lipinski definition) is 0. The second-order valence-corrected chi connectivity index (χ2v) is 7.59. The molecule has 0 N–H and O–H groups in total. The lowest BCUT2D eigenvalue weighted by molar-refractivity contribution is 0.0198. The molecule has 1 atom stereocenters. The molecule has 1 aromatic carbocycles. The van der Waals surface area contributed by atoms with Gasteiger partial charge in [-0.15, -0.1) is 0 Å². The van der Waals surface area contributed by atoms with Crippen molar-refractivity contribution >= 4 is 13.9 Å². The number of carbonyl (C=O) groups is 1. The van der Waals surface area contributed by atoms with E-state index in [1.807, 2.05) is 37.8 Å². The van der Waals surface area contributed by atoms with Crippen molar-refractivity contribution in [1.82, 2.24) is 4.90 Å². The van der Waals surface area contributed by atoms with Crippen molar-refractivity contribution in [2.24, 2.45) is 0 Å². The lowest BCUT2D eigenvalue weighted by atomic mass is 9.91. The minimum atomic E-state index is -0.468. The summed E-state index contributed by atoms with van der Waals surface area (Å²) in [4.78, 5) is 14.2. The van der Waals surface area contributed by atoms with Crippen LogP contribution in [0.3, 0.4) is 0 Å². The van der Waals surface area contributed by atoms with Crippen LogP contribution in [0.5, 0.6) is 5.75 Å². The lowest BCUT2D eigenvalue weighted by Gasteiger charge is -2.34. The number of rotatable bonds is 7. The zero-order valence-corrected chi connectivity index (χ0v) is 16.2. The summed E-state index contributed by atoms with van der Waals surface area (Å²) in [6.45, 7) is 8.68. The van der Waals surface area contributed by atoms with Crippen LogP contribution >= 0.6 is 0 Å². The average Bonchev–Trinajstić information content (AvgIpc) is 2.60. The van der Waals surface area contributed by atoms with E-state index < -0.39 is 5.60 Å². The Balaban J connectivity index is 1.91. The summed E-state index contributed by atoms with van der Waals surface area (Å²) in [7, 11) is 5.39. The Morgan fingerprint density at radius 3 is 2.81 bits per heavy atom. The van der Waals surface area contributed by atoms with Crippen LogP contribution in [0.2, 0.25) is 6.32 Å². The zero-order valence-electron chi connectivity index (χ0n) is 16.2. The highest BCUT2D eigenvalue weighted by molar-refractivity contribution is 6.08. The van der Waals surface area contributed by atoms with Crippen molar-refractivity contribution in [3.63, 3.8) is 0 Å². The number of piperidine rings is 1. The van der Waals surface area contributed by atoms with Gasteiger partial charge in [-0.05, 0) is 51.3 Å². The van der Waals surface area contributed by atoms with E-state index in [2.05, 4.69) is 12.1 Å². The third-order valence-electron chi connectivity index (χ3n) is 4.16. The molecule has 2 radical (unpaired) electrons. The van der Waals surface area contributed by atoms with E-state index in [4.69, 9.17) is 22.1 Å². The fourth-order valence-electron chi connectivity index (χ4n) is 3.00. The number of likely N-dealkylation sites (tertiary alicyclic amines) is 1. The highest BCUT2D eigenvalue weighted by atomic mass is 16.6. The van der Waals surface area contributed by atoms with Crippen LogP contribution < -0.4 is 4.74 Å². The highest BCUT2D eigenvalue weighted by Crippen LogP contribution is 2.29. The molecule has 0 bridgehead atoms. The third kappa shape index (κ3) is 6.91. The molecule has 1 unspecified atom stereocenters. The maximum absolute atomic E-state index is 12.3. The van der Waals surface area contributed by atoms with Crippen LogP contribution in [-0.4, -0.2) is 57.4 Å². The van der Waals surface area contributed by atoms with Gasteiger partial charge in [-0.25, -0.2) is 4.79 Å². The first kappa shape index (κ1) is 20.6. The van der Waals surface area contributed by atoms with E-state index in [0.29, 0.717) is 38.6 Å². The minimum Gasteiger partial charge on any atom is -0.491 e. The van der Waals surface area contributed by atoms with Crippen LogP contribution in [0, 0.1) is 0 Å². The number of carbonyl (C=O) groups excluding carboxylic acids is 1. The standard InChI is InChI=1S/C20H30BNO4/c1-20(2,3)26-19(23)22-10-5-7-17(15-22)16-6-4-8-18(14-16)25-13-12-24-11-9-21/h4,6,8,14,17H,5,7,9-13,15H2,1-3H3. The quantitative estimate of drug-likeness (QED) is 0.549. The van der Waals surface area contributed by atoms with Crippen molar-refractivity contribution in [2.75, 3.05) is 32.9 Å². The second kappa shape index (κ2) is 9.86. The molecule has 0 aromatic heterocycles. The van der Waals surface area contributed by atoms with Crippen LogP contribution in [0.25, 0.3) is 0 Å². The van der Waals surface area contributed by atoms with Crippen molar-refractivity contribution in [3.8, 4) is 5.75 Å². The van der Waals surface area contributed by atoms with E-state index >= 15 is 0 Å². The van der Waals surface area contributed by atoms with E-state index in [1.54, 1.807) is 0 Å². The first-order valence-corrected chi connectivity index (χ1v) is 9.37. The smallest absolute Gasteiger partial charge is 0.410 e. The molecule has 2 rings (SSSR count). The van der Waals surface area contributed by atoms with Gasteiger partial charge in [-0.3, -0.25) is 0 Å². The summed E-state index contributed by atoms with van der Waals surface area (Å²) in [5.74, 6) is 1.13. The predicted molar refractivity (Wildman–Crippen MR) is 103 cm³/mol. The van der Waals surface area contributed by atoms with E-state index in [0.717, 1.165) is 25.1 Å². The molecule has 1 amide bonds. The predicted octanol–water partition coefficient (Wildman–Crippen LogP) is 3.78. The van der Waals surface area contributed by atoms with Gasteiger partial charge in [0.1, 0.15) is 18.0 Å². The number of hydrogen-bond acceptors (Lipinski definition) is 4. The van der Waals surface area contributed by atoms with Crippen molar-refractivity contribution in [3.05, 3.63) is 29.8 Å². The Bertz CT molecular complexity index is 573. The van der Waals surface area contributed by atoms with Crippen molar-refractivity contribution in [2.45, 2.75) is 51.5 Å².